The number of ether oxygens (including phenoxy) is 2. The molecule has 1 N–H and O–H groups in total. The van der Waals surface area contributed by atoms with Gasteiger partial charge in [-0.2, -0.15) is 0 Å². The Morgan fingerprint density at radius 2 is 2.03 bits per heavy atom. The van der Waals surface area contributed by atoms with Crippen molar-refractivity contribution >= 4 is 26.7 Å². The number of hydrogen-bond donors (Lipinski definition) is 1. The van der Waals surface area contributed by atoms with E-state index in [1.807, 2.05) is 54.3 Å². The van der Waals surface area contributed by atoms with Gasteiger partial charge in [0.25, 0.3) is 5.56 Å². The molecular weight excluding hydrogens is 506 g/mol. The molecule has 0 aliphatic carbocycles. The molecule has 4 aromatic rings. The highest BCUT2D eigenvalue weighted by molar-refractivity contribution is 7.90. The van der Waals surface area contributed by atoms with Crippen LogP contribution in [0.2, 0.25) is 0 Å². The second-order valence-electron chi connectivity index (χ2n) is 9.49. The first-order valence-electron chi connectivity index (χ1n) is 12.5. The lowest BCUT2D eigenvalue weighted by Crippen LogP contribution is -2.47. The van der Waals surface area contributed by atoms with Crippen LogP contribution in [0.1, 0.15) is 24.3 Å². The van der Waals surface area contributed by atoms with Crippen LogP contribution in [0.5, 0.6) is 0 Å². The van der Waals surface area contributed by atoms with Crippen molar-refractivity contribution in [1.29, 1.82) is 0 Å². The van der Waals surface area contributed by atoms with Crippen LogP contribution in [0, 0.1) is 0 Å². The highest BCUT2D eigenvalue weighted by Crippen LogP contribution is 2.29. The highest BCUT2D eigenvalue weighted by Gasteiger charge is 2.30. The van der Waals surface area contributed by atoms with Gasteiger partial charge < -0.3 is 19.4 Å². The van der Waals surface area contributed by atoms with Gasteiger partial charge in [-0.25, -0.2) is 18.4 Å². The van der Waals surface area contributed by atoms with Crippen molar-refractivity contribution in [2.75, 3.05) is 37.5 Å². The van der Waals surface area contributed by atoms with Crippen LogP contribution >= 0.6 is 0 Å². The summed E-state index contributed by atoms with van der Waals surface area (Å²) in [6.45, 7) is 3.86. The zero-order valence-electron chi connectivity index (χ0n) is 21.4. The Balaban J connectivity index is 1.56. The molecule has 1 aromatic carbocycles. The molecule has 10 nitrogen and oxygen atoms in total. The zero-order valence-corrected chi connectivity index (χ0v) is 22.2. The maximum atomic E-state index is 13.8. The van der Waals surface area contributed by atoms with E-state index in [1.54, 1.807) is 18.6 Å². The van der Waals surface area contributed by atoms with Crippen molar-refractivity contribution in [2.24, 2.45) is 0 Å². The highest BCUT2D eigenvalue weighted by atomic mass is 32.2. The second-order valence-corrected chi connectivity index (χ2v) is 11.7. The van der Waals surface area contributed by atoms with E-state index in [1.165, 1.54) is 4.57 Å². The first kappa shape index (κ1) is 26.1. The number of benzene rings is 1. The van der Waals surface area contributed by atoms with Gasteiger partial charge in [0, 0.05) is 48.8 Å². The molecule has 38 heavy (non-hydrogen) atoms. The molecular formula is C27H31N5O5S. The maximum absolute atomic E-state index is 13.8. The van der Waals surface area contributed by atoms with Crippen molar-refractivity contribution in [1.82, 2.24) is 19.5 Å². The number of anilines is 1. The number of aromatic amines is 1. The van der Waals surface area contributed by atoms with Gasteiger partial charge in [-0.1, -0.05) is 30.3 Å². The van der Waals surface area contributed by atoms with Crippen molar-refractivity contribution in [2.45, 2.75) is 31.4 Å². The van der Waals surface area contributed by atoms with Crippen molar-refractivity contribution in [3.8, 4) is 11.3 Å². The molecule has 0 spiro atoms. The first-order chi connectivity index (χ1) is 18.3. The Bertz CT molecular complexity index is 1570. The number of aromatic nitrogens is 4. The molecule has 0 bridgehead atoms. The molecule has 0 radical (unpaired) electrons. The van der Waals surface area contributed by atoms with Crippen LogP contribution in [0.4, 0.5) is 5.82 Å². The molecule has 0 saturated carbocycles. The van der Waals surface area contributed by atoms with Crippen LogP contribution in [0.15, 0.2) is 65.8 Å². The summed E-state index contributed by atoms with van der Waals surface area (Å²) >= 11 is 0. The largest absolute Gasteiger partial charge is 0.377 e. The standard InChI is InChI=1S/C27H31N5O5S/c1-19-17-37-15-13-31(19)26-27(33)32(16-23(30-26)21-8-11-28-25-22(21)9-12-29-25)24(38(2,34)35)10-14-36-18-20-6-4-3-5-7-20/h3-9,11-12,16,19,24H,10,13-15,17-18H2,1-2H3,(H,28,29)/t19-,24?/m1/s1. The van der Waals surface area contributed by atoms with E-state index in [4.69, 9.17) is 14.5 Å². The summed E-state index contributed by atoms with van der Waals surface area (Å²) in [5.74, 6) is 0.206. The Morgan fingerprint density at radius 1 is 1.21 bits per heavy atom. The number of H-pyrrole nitrogens is 1. The zero-order chi connectivity index (χ0) is 26.7. The molecule has 1 unspecified atom stereocenters. The number of nitrogens with one attached hydrogen (secondary N) is 1. The fourth-order valence-corrected chi connectivity index (χ4v) is 5.85. The minimum atomic E-state index is -3.68. The predicted molar refractivity (Wildman–Crippen MR) is 146 cm³/mol. The van der Waals surface area contributed by atoms with Crippen molar-refractivity contribution in [3.05, 3.63) is 77.0 Å². The Hall–Kier alpha value is -3.54. The summed E-state index contributed by atoms with van der Waals surface area (Å²) in [4.78, 5) is 28.0. The lowest BCUT2D eigenvalue weighted by molar-refractivity contribution is 0.0982. The third-order valence-electron chi connectivity index (χ3n) is 6.71. The smallest absolute Gasteiger partial charge is 0.294 e. The third-order valence-corrected chi connectivity index (χ3v) is 8.17. The molecule has 3 aromatic heterocycles. The average molecular weight is 538 g/mol. The van der Waals surface area contributed by atoms with Gasteiger partial charge in [0.2, 0.25) is 0 Å². The van der Waals surface area contributed by atoms with E-state index in [9.17, 15) is 13.2 Å². The van der Waals surface area contributed by atoms with Gasteiger partial charge in [0.1, 0.15) is 11.0 Å². The van der Waals surface area contributed by atoms with E-state index in [0.717, 1.165) is 22.8 Å². The van der Waals surface area contributed by atoms with Gasteiger partial charge in [-0.05, 0) is 24.6 Å². The minimum absolute atomic E-state index is 0.0942. The molecule has 200 valence electrons. The van der Waals surface area contributed by atoms with E-state index in [0.29, 0.717) is 37.7 Å². The lowest BCUT2D eigenvalue weighted by atomic mass is 10.1. The topological polar surface area (TPSA) is 119 Å². The molecule has 11 heteroatoms. The fourth-order valence-electron chi connectivity index (χ4n) is 4.76. The number of rotatable bonds is 9. The summed E-state index contributed by atoms with van der Waals surface area (Å²) in [5, 5.41) is -0.292. The fraction of sp³-hybridized carbons (Fsp3) is 0.370. The van der Waals surface area contributed by atoms with Gasteiger partial charge >= 0.3 is 0 Å². The first-order valence-corrected chi connectivity index (χ1v) is 14.5. The summed E-state index contributed by atoms with van der Waals surface area (Å²) < 4.78 is 38.7. The van der Waals surface area contributed by atoms with Crippen LogP contribution < -0.4 is 10.5 Å². The monoisotopic (exact) mass is 537 g/mol. The van der Waals surface area contributed by atoms with Crippen LogP contribution in [-0.4, -0.2) is 66.6 Å². The Kier molecular flexibility index (Phi) is 7.59. The van der Waals surface area contributed by atoms with E-state index < -0.39 is 20.8 Å². The minimum Gasteiger partial charge on any atom is -0.377 e. The third kappa shape index (κ3) is 5.50. The van der Waals surface area contributed by atoms with Gasteiger partial charge in [0.15, 0.2) is 15.7 Å². The van der Waals surface area contributed by atoms with Gasteiger partial charge in [-0.15, -0.1) is 0 Å². The number of nitrogens with zero attached hydrogens (tertiary/aromatic N) is 4. The van der Waals surface area contributed by atoms with Crippen LogP contribution in [0.25, 0.3) is 22.3 Å². The molecule has 1 saturated heterocycles. The normalized spacial score (nSPS) is 17.1. The average Bonchev–Trinajstić information content (AvgIpc) is 3.39. The lowest BCUT2D eigenvalue weighted by Gasteiger charge is -2.34. The number of pyridine rings is 1. The SMILES string of the molecule is C[C@@H]1COCCN1c1nc(-c2ccnc3[nH]ccc23)cn(C(CCOCc2ccccc2)S(C)(=O)=O)c1=O. The van der Waals surface area contributed by atoms with Crippen molar-refractivity contribution < 1.29 is 17.9 Å². The van der Waals surface area contributed by atoms with Crippen LogP contribution in [0.3, 0.4) is 0 Å². The van der Waals surface area contributed by atoms with Crippen LogP contribution in [-0.2, 0) is 25.9 Å². The van der Waals surface area contributed by atoms with E-state index in [2.05, 4.69) is 9.97 Å². The molecule has 2 atom stereocenters. The molecule has 1 aliphatic heterocycles. The molecule has 4 heterocycles. The quantitative estimate of drug-likeness (QED) is 0.324. The number of fused-ring (bicyclic) bond motifs is 1. The molecule has 0 amide bonds. The summed E-state index contributed by atoms with van der Waals surface area (Å²) in [5.41, 5.74) is 2.45. The van der Waals surface area contributed by atoms with Gasteiger partial charge in [0.05, 0.1) is 38.2 Å². The molecule has 5 rings (SSSR count). The molecule has 1 aliphatic rings. The Labute approximate surface area is 221 Å². The molecule has 1 fully saturated rings. The summed E-state index contributed by atoms with van der Waals surface area (Å²) in [7, 11) is -3.68. The predicted octanol–water partition coefficient (Wildman–Crippen LogP) is 3.16. The van der Waals surface area contributed by atoms with E-state index >= 15 is 0 Å². The van der Waals surface area contributed by atoms with Crippen molar-refractivity contribution in [3.63, 3.8) is 0 Å². The summed E-state index contributed by atoms with van der Waals surface area (Å²) in [6, 6.07) is 13.3. The van der Waals surface area contributed by atoms with E-state index in [-0.39, 0.29) is 24.9 Å². The Morgan fingerprint density at radius 3 is 2.79 bits per heavy atom. The maximum Gasteiger partial charge on any atom is 0.294 e. The number of morpholine rings is 1. The summed E-state index contributed by atoms with van der Waals surface area (Å²) in [6.07, 6.45) is 6.25. The number of sulfone groups is 1. The second kappa shape index (κ2) is 11.1. The van der Waals surface area contributed by atoms with Gasteiger partial charge in [-0.3, -0.25) is 9.36 Å². The number of hydrogen-bond acceptors (Lipinski definition) is 8.